The summed E-state index contributed by atoms with van der Waals surface area (Å²) in [6.45, 7) is 4.41. The maximum absolute atomic E-state index is 12.3. The largest absolute Gasteiger partial charge is 0.492 e. The molecule has 152 valence electrons. The van der Waals surface area contributed by atoms with Gasteiger partial charge in [0.1, 0.15) is 12.3 Å². The number of carbonyl (C=O) groups is 1. The van der Waals surface area contributed by atoms with Crippen LogP contribution in [0.25, 0.3) is 0 Å². The van der Waals surface area contributed by atoms with Crippen LogP contribution in [-0.4, -0.2) is 46.0 Å². The minimum atomic E-state index is -3.64. The number of sulfonamides is 1. The normalized spacial score (nSPS) is 11.1. The molecule has 0 atom stereocenters. The van der Waals surface area contributed by atoms with Crippen LogP contribution >= 0.6 is 11.8 Å². The molecule has 0 saturated heterocycles. The molecule has 0 saturated carbocycles. The van der Waals surface area contributed by atoms with Gasteiger partial charge in [-0.3, -0.25) is 9.10 Å². The van der Waals surface area contributed by atoms with Crippen LogP contribution in [0.5, 0.6) is 5.75 Å². The standard InChI is InChI=1S/C20H26N2O4S2/c1-4-26-19-8-6-5-7-18(19)22(28(3,24)25)15-20(23)21-13-14-27-17-11-9-16(2)10-12-17/h5-12H,4,13-15H2,1-3H3,(H,21,23). The first kappa shape index (κ1) is 22.1. The SMILES string of the molecule is CCOc1ccccc1N(CC(=O)NCCSc1ccc(C)cc1)S(C)(=O)=O. The second kappa shape index (κ2) is 10.4. The summed E-state index contributed by atoms with van der Waals surface area (Å²) in [6.07, 6.45) is 1.08. The third-order valence-electron chi connectivity index (χ3n) is 3.84. The quantitative estimate of drug-likeness (QED) is 0.470. The van der Waals surface area contributed by atoms with Crippen LogP contribution in [0.2, 0.25) is 0 Å². The molecule has 2 aromatic rings. The molecule has 0 aliphatic rings. The number of benzene rings is 2. The van der Waals surface area contributed by atoms with E-state index in [1.54, 1.807) is 36.0 Å². The molecular formula is C20H26N2O4S2. The highest BCUT2D eigenvalue weighted by Crippen LogP contribution is 2.29. The van der Waals surface area contributed by atoms with E-state index in [-0.39, 0.29) is 12.5 Å². The van der Waals surface area contributed by atoms with Crippen LogP contribution in [0.1, 0.15) is 12.5 Å². The molecule has 6 nitrogen and oxygen atoms in total. The summed E-state index contributed by atoms with van der Waals surface area (Å²) in [7, 11) is -3.64. The van der Waals surface area contributed by atoms with Gasteiger partial charge in [-0.15, -0.1) is 11.8 Å². The zero-order chi connectivity index (χ0) is 20.6. The number of rotatable bonds is 10. The Kier molecular flexibility index (Phi) is 8.19. The lowest BCUT2D eigenvalue weighted by Crippen LogP contribution is -2.41. The topological polar surface area (TPSA) is 75.7 Å². The number of hydrogen-bond acceptors (Lipinski definition) is 5. The van der Waals surface area contributed by atoms with E-state index < -0.39 is 10.0 Å². The Labute approximate surface area is 171 Å². The summed E-state index contributed by atoms with van der Waals surface area (Å²) in [5.74, 6) is 0.767. The van der Waals surface area contributed by atoms with Gasteiger partial charge in [0.05, 0.1) is 18.6 Å². The highest BCUT2D eigenvalue weighted by Gasteiger charge is 2.23. The Morgan fingerprint density at radius 2 is 1.82 bits per heavy atom. The van der Waals surface area contributed by atoms with Crippen LogP contribution in [0, 0.1) is 6.92 Å². The first-order valence-corrected chi connectivity index (χ1v) is 11.8. The number of para-hydroxylation sites is 2. The fourth-order valence-electron chi connectivity index (χ4n) is 2.50. The fraction of sp³-hybridized carbons (Fsp3) is 0.350. The predicted molar refractivity (Wildman–Crippen MR) is 115 cm³/mol. The van der Waals surface area contributed by atoms with Gasteiger partial charge in [0.2, 0.25) is 15.9 Å². The van der Waals surface area contributed by atoms with E-state index in [0.29, 0.717) is 30.3 Å². The Morgan fingerprint density at radius 3 is 2.46 bits per heavy atom. The molecule has 0 fully saturated rings. The molecule has 0 spiro atoms. The minimum absolute atomic E-state index is 0.294. The molecule has 0 unspecified atom stereocenters. The molecule has 0 aliphatic heterocycles. The van der Waals surface area contributed by atoms with E-state index in [0.717, 1.165) is 15.5 Å². The van der Waals surface area contributed by atoms with E-state index in [9.17, 15) is 13.2 Å². The van der Waals surface area contributed by atoms with Gasteiger partial charge in [-0.1, -0.05) is 29.8 Å². The molecule has 8 heteroatoms. The monoisotopic (exact) mass is 422 g/mol. The van der Waals surface area contributed by atoms with Crippen molar-refractivity contribution in [2.45, 2.75) is 18.7 Å². The molecule has 28 heavy (non-hydrogen) atoms. The number of hydrogen-bond donors (Lipinski definition) is 1. The highest BCUT2D eigenvalue weighted by molar-refractivity contribution is 7.99. The number of ether oxygens (including phenoxy) is 1. The lowest BCUT2D eigenvalue weighted by molar-refractivity contribution is -0.119. The second-order valence-electron chi connectivity index (χ2n) is 6.18. The third kappa shape index (κ3) is 6.76. The summed E-state index contributed by atoms with van der Waals surface area (Å²) in [4.78, 5) is 13.5. The van der Waals surface area contributed by atoms with Gasteiger partial charge in [-0.2, -0.15) is 0 Å². The van der Waals surface area contributed by atoms with Crippen LogP contribution < -0.4 is 14.4 Å². The van der Waals surface area contributed by atoms with Crippen molar-refractivity contribution in [1.82, 2.24) is 5.32 Å². The predicted octanol–water partition coefficient (Wildman–Crippen LogP) is 3.07. The van der Waals surface area contributed by atoms with E-state index in [1.165, 1.54) is 5.56 Å². The van der Waals surface area contributed by atoms with Crippen LogP contribution in [0.4, 0.5) is 5.69 Å². The molecule has 0 heterocycles. The van der Waals surface area contributed by atoms with E-state index >= 15 is 0 Å². The van der Waals surface area contributed by atoms with Crippen LogP contribution in [-0.2, 0) is 14.8 Å². The Hall–Kier alpha value is -2.19. The number of thioether (sulfide) groups is 1. The summed E-state index contributed by atoms with van der Waals surface area (Å²) >= 11 is 1.63. The first-order chi connectivity index (χ1) is 13.3. The molecular weight excluding hydrogens is 396 g/mol. The van der Waals surface area contributed by atoms with Crippen molar-refractivity contribution < 1.29 is 17.9 Å². The second-order valence-corrected chi connectivity index (χ2v) is 9.26. The van der Waals surface area contributed by atoms with Crippen molar-refractivity contribution in [2.75, 3.05) is 36.0 Å². The van der Waals surface area contributed by atoms with Gasteiger partial charge in [0, 0.05) is 17.2 Å². The van der Waals surface area contributed by atoms with E-state index in [1.807, 2.05) is 38.1 Å². The zero-order valence-electron chi connectivity index (χ0n) is 16.3. The van der Waals surface area contributed by atoms with E-state index in [2.05, 4.69) is 5.32 Å². The van der Waals surface area contributed by atoms with Gasteiger partial charge in [-0.25, -0.2) is 8.42 Å². The Balaban J connectivity index is 1.95. The summed E-state index contributed by atoms with van der Waals surface area (Å²) in [5, 5.41) is 2.78. The van der Waals surface area contributed by atoms with Crippen molar-refractivity contribution in [1.29, 1.82) is 0 Å². The smallest absolute Gasteiger partial charge is 0.240 e. The molecule has 1 N–H and O–H groups in total. The van der Waals surface area contributed by atoms with Gasteiger partial charge in [-0.05, 0) is 38.1 Å². The molecule has 2 aromatic carbocycles. The number of amides is 1. The molecule has 0 bridgehead atoms. The Bertz CT molecular complexity index is 883. The van der Waals surface area contributed by atoms with Crippen molar-refractivity contribution in [2.24, 2.45) is 0 Å². The first-order valence-electron chi connectivity index (χ1n) is 8.97. The summed E-state index contributed by atoms with van der Waals surface area (Å²) in [6, 6.07) is 15.0. The third-order valence-corrected chi connectivity index (χ3v) is 5.98. The fourth-order valence-corrected chi connectivity index (χ4v) is 4.13. The maximum Gasteiger partial charge on any atom is 0.240 e. The van der Waals surface area contributed by atoms with Crippen molar-refractivity contribution in [3.05, 3.63) is 54.1 Å². The van der Waals surface area contributed by atoms with Crippen molar-refractivity contribution >= 4 is 33.4 Å². The van der Waals surface area contributed by atoms with Crippen molar-refractivity contribution in [3.8, 4) is 5.75 Å². The molecule has 0 aliphatic carbocycles. The lowest BCUT2D eigenvalue weighted by Gasteiger charge is -2.24. The van der Waals surface area contributed by atoms with Gasteiger partial charge in [0.25, 0.3) is 0 Å². The van der Waals surface area contributed by atoms with E-state index in [4.69, 9.17) is 4.74 Å². The van der Waals surface area contributed by atoms with Crippen molar-refractivity contribution in [3.63, 3.8) is 0 Å². The average Bonchev–Trinajstić information content (AvgIpc) is 2.65. The van der Waals surface area contributed by atoms with Gasteiger partial charge < -0.3 is 10.1 Å². The van der Waals surface area contributed by atoms with Crippen LogP contribution in [0.3, 0.4) is 0 Å². The molecule has 0 aromatic heterocycles. The number of anilines is 1. The minimum Gasteiger partial charge on any atom is -0.492 e. The average molecular weight is 423 g/mol. The highest BCUT2D eigenvalue weighted by atomic mass is 32.2. The number of aryl methyl sites for hydroxylation is 1. The maximum atomic E-state index is 12.3. The van der Waals surface area contributed by atoms with Crippen LogP contribution in [0.15, 0.2) is 53.4 Å². The summed E-state index contributed by atoms with van der Waals surface area (Å²) < 4.78 is 31.1. The number of nitrogens with zero attached hydrogens (tertiary/aromatic N) is 1. The summed E-state index contributed by atoms with van der Waals surface area (Å²) in [5.41, 5.74) is 1.56. The molecule has 1 amide bonds. The van der Waals surface area contributed by atoms with Gasteiger partial charge >= 0.3 is 0 Å². The van der Waals surface area contributed by atoms with Gasteiger partial charge in [0.15, 0.2) is 0 Å². The molecule has 0 radical (unpaired) electrons. The number of carbonyl (C=O) groups excluding carboxylic acids is 1. The molecule has 2 rings (SSSR count). The lowest BCUT2D eigenvalue weighted by atomic mass is 10.2. The Morgan fingerprint density at radius 1 is 1.14 bits per heavy atom. The zero-order valence-corrected chi connectivity index (χ0v) is 18.0. The number of nitrogens with one attached hydrogen (secondary N) is 1.